The van der Waals surface area contributed by atoms with Gasteiger partial charge in [0.25, 0.3) is 0 Å². The topological polar surface area (TPSA) is 37.3 Å². The van der Waals surface area contributed by atoms with Crippen molar-refractivity contribution in [2.24, 2.45) is 5.92 Å². The Hall–Kier alpha value is -1.31. The third kappa shape index (κ3) is 13.7. The zero-order chi connectivity index (χ0) is 16.6. The summed E-state index contributed by atoms with van der Waals surface area (Å²) < 4.78 is 0. The van der Waals surface area contributed by atoms with Gasteiger partial charge >= 0.3 is 5.97 Å². The van der Waals surface area contributed by atoms with E-state index in [0.717, 1.165) is 44.9 Å². The second kappa shape index (κ2) is 14.6. The van der Waals surface area contributed by atoms with Gasteiger partial charge in [0.2, 0.25) is 0 Å². The molecule has 0 bridgehead atoms. The number of unbranched alkanes of at least 4 members (excludes halogenated alkanes) is 5. The average molecular weight is 306 g/mol. The van der Waals surface area contributed by atoms with Crippen molar-refractivity contribution in [2.75, 3.05) is 0 Å². The Morgan fingerprint density at radius 3 is 2.41 bits per heavy atom. The molecule has 0 aliphatic rings. The molecule has 0 radical (unpaired) electrons. The van der Waals surface area contributed by atoms with Crippen molar-refractivity contribution < 1.29 is 9.90 Å². The van der Waals surface area contributed by atoms with Crippen LogP contribution in [-0.4, -0.2) is 11.1 Å². The first kappa shape index (κ1) is 20.7. The maximum absolute atomic E-state index is 10.4. The minimum atomic E-state index is -0.678. The van der Waals surface area contributed by atoms with Crippen molar-refractivity contribution in [1.82, 2.24) is 0 Å². The van der Waals surface area contributed by atoms with Crippen molar-refractivity contribution in [3.05, 3.63) is 36.5 Å². The Kier molecular flexibility index (Phi) is 13.7. The van der Waals surface area contributed by atoms with Gasteiger partial charge in [0.05, 0.1) is 0 Å². The molecule has 1 atom stereocenters. The predicted octanol–water partition coefficient (Wildman–Crippen LogP) is 6.30. The largest absolute Gasteiger partial charge is 0.481 e. The number of carbonyl (C=O) groups is 1. The van der Waals surface area contributed by atoms with Crippen LogP contribution in [0.5, 0.6) is 0 Å². The molecule has 0 spiro atoms. The molecule has 2 nitrogen and oxygen atoms in total. The molecule has 0 heterocycles. The van der Waals surface area contributed by atoms with Gasteiger partial charge in [-0.1, -0.05) is 69.6 Å². The highest BCUT2D eigenvalue weighted by Crippen LogP contribution is 2.17. The molecule has 126 valence electrons. The summed E-state index contributed by atoms with van der Waals surface area (Å²) in [4.78, 5) is 10.4. The first-order valence-corrected chi connectivity index (χ1v) is 8.77. The first-order valence-electron chi connectivity index (χ1n) is 8.77. The summed E-state index contributed by atoms with van der Waals surface area (Å²) in [6.07, 6.45) is 19.0. The molecule has 0 rings (SSSR count). The zero-order valence-electron chi connectivity index (χ0n) is 14.5. The van der Waals surface area contributed by atoms with Gasteiger partial charge in [-0.3, -0.25) is 4.79 Å². The SMILES string of the molecule is C=C(C/C=C\CCCCCCCC(=O)O)C(C)C/C=C\CC. The van der Waals surface area contributed by atoms with Crippen molar-refractivity contribution in [3.63, 3.8) is 0 Å². The van der Waals surface area contributed by atoms with Crippen molar-refractivity contribution >= 4 is 5.97 Å². The van der Waals surface area contributed by atoms with Gasteiger partial charge in [0.1, 0.15) is 0 Å². The molecule has 1 N–H and O–H groups in total. The molecule has 1 unspecified atom stereocenters. The summed E-state index contributed by atoms with van der Waals surface area (Å²) in [6.45, 7) is 8.58. The van der Waals surface area contributed by atoms with Crippen LogP contribution in [0.4, 0.5) is 0 Å². The monoisotopic (exact) mass is 306 g/mol. The van der Waals surface area contributed by atoms with Crippen LogP contribution in [0.1, 0.15) is 78.1 Å². The third-order valence-corrected chi connectivity index (χ3v) is 3.90. The van der Waals surface area contributed by atoms with Crippen LogP contribution in [-0.2, 0) is 4.79 Å². The lowest BCUT2D eigenvalue weighted by molar-refractivity contribution is -0.137. The lowest BCUT2D eigenvalue weighted by atomic mass is 9.96. The van der Waals surface area contributed by atoms with E-state index in [1.165, 1.54) is 18.4 Å². The summed E-state index contributed by atoms with van der Waals surface area (Å²) in [7, 11) is 0. The van der Waals surface area contributed by atoms with Crippen LogP contribution in [0.15, 0.2) is 36.5 Å². The lowest BCUT2D eigenvalue weighted by Gasteiger charge is -2.10. The van der Waals surface area contributed by atoms with Crippen molar-refractivity contribution in [3.8, 4) is 0 Å². The fourth-order valence-electron chi connectivity index (χ4n) is 2.26. The van der Waals surface area contributed by atoms with Gasteiger partial charge in [0, 0.05) is 6.42 Å². The fourth-order valence-corrected chi connectivity index (χ4v) is 2.26. The van der Waals surface area contributed by atoms with E-state index in [4.69, 9.17) is 5.11 Å². The molecule has 2 heteroatoms. The van der Waals surface area contributed by atoms with E-state index in [0.29, 0.717) is 12.3 Å². The molecular weight excluding hydrogens is 272 g/mol. The molecule has 0 aromatic rings. The molecule has 0 fully saturated rings. The Bertz CT molecular complexity index is 353. The predicted molar refractivity (Wildman–Crippen MR) is 96.1 cm³/mol. The molecule has 0 amide bonds. The van der Waals surface area contributed by atoms with Gasteiger partial charge in [-0.05, 0) is 44.4 Å². The third-order valence-electron chi connectivity index (χ3n) is 3.90. The zero-order valence-corrected chi connectivity index (χ0v) is 14.5. The fraction of sp³-hybridized carbons (Fsp3) is 0.650. The molecule has 0 aromatic heterocycles. The maximum Gasteiger partial charge on any atom is 0.303 e. The molecule has 0 saturated heterocycles. The quantitative estimate of drug-likeness (QED) is 0.302. The summed E-state index contributed by atoms with van der Waals surface area (Å²) in [5.74, 6) is -0.121. The molecule has 0 saturated carbocycles. The number of allylic oxidation sites excluding steroid dienone is 5. The molecule has 0 aromatic carbocycles. The Morgan fingerprint density at radius 1 is 1.05 bits per heavy atom. The number of rotatable bonds is 14. The van der Waals surface area contributed by atoms with E-state index < -0.39 is 5.97 Å². The second-order valence-corrected chi connectivity index (χ2v) is 6.05. The van der Waals surface area contributed by atoms with Gasteiger partial charge in [0.15, 0.2) is 0 Å². The van der Waals surface area contributed by atoms with Gasteiger partial charge in [-0.15, -0.1) is 0 Å². The normalized spacial score (nSPS) is 13.0. The van der Waals surface area contributed by atoms with Crippen LogP contribution in [0.2, 0.25) is 0 Å². The number of hydrogen-bond donors (Lipinski definition) is 1. The highest BCUT2D eigenvalue weighted by molar-refractivity contribution is 5.66. The van der Waals surface area contributed by atoms with E-state index in [1.54, 1.807) is 0 Å². The number of carboxylic acids is 1. The molecular formula is C20H34O2. The molecule has 0 aliphatic heterocycles. The van der Waals surface area contributed by atoms with E-state index in [1.807, 2.05) is 0 Å². The second-order valence-electron chi connectivity index (χ2n) is 6.05. The Morgan fingerprint density at radius 2 is 1.73 bits per heavy atom. The molecule has 22 heavy (non-hydrogen) atoms. The maximum atomic E-state index is 10.4. The van der Waals surface area contributed by atoms with Gasteiger partial charge in [-0.2, -0.15) is 0 Å². The van der Waals surface area contributed by atoms with Gasteiger partial charge in [-0.25, -0.2) is 0 Å². The highest BCUT2D eigenvalue weighted by atomic mass is 16.4. The molecule has 0 aliphatic carbocycles. The summed E-state index contributed by atoms with van der Waals surface area (Å²) in [5.41, 5.74) is 1.31. The summed E-state index contributed by atoms with van der Waals surface area (Å²) in [5, 5.41) is 8.54. The van der Waals surface area contributed by atoms with Crippen LogP contribution < -0.4 is 0 Å². The number of aliphatic carboxylic acids is 1. The summed E-state index contributed by atoms with van der Waals surface area (Å²) >= 11 is 0. The van der Waals surface area contributed by atoms with Gasteiger partial charge < -0.3 is 5.11 Å². The summed E-state index contributed by atoms with van der Waals surface area (Å²) in [6, 6.07) is 0. The minimum Gasteiger partial charge on any atom is -0.481 e. The highest BCUT2D eigenvalue weighted by Gasteiger charge is 2.02. The number of carboxylic acid groups (broad SMARTS) is 1. The minimum absolute atomic E-state index is 0.313. The average Bonchev–Trinajstić information content (AvgIpc) is 2.48. The van der Waals surface area contributed by atoms with Crippen LogP contribution in [0.25, 0.3) is 0 Å². The van der Waals surface area contributed by atoms with Crippen molar-refractivity contribution in [1.29, 1.82) is 0 Å². The first-order chi connectivity index (χ1) is 10.6. The van der Waals surface area contributed by atoms with E-state index in [-0.39, 0.29) is 0 Å². The number of hydrogen-bond acceptors (Lipinski definition) is 1. The van der Waals surface area contributed by atoms with E-state index >= 15 is 0 Å². The van der Waals surface area contributed by atoms with Crippen LogP contribution in [0.3, 0.4) is 0 Å². The van der Waals surface area contributed by atoms with Crippen molar-refractivity contribution in [2.45, 2.75) is 78.1 Å². The van der Waals surface area contributed by atoms with E-state index in [2.05, 4.69) is 44.7 Å². The smallest absolute Gasteiger partial charge is 0.303 e. The lowest BCUT2D eigenvalue weighted by Crippen LogP contribution is -1.95. The standard InChI is InChI=1S/C20H34O2/c1-4-5-12-15-18(2)19(3)16-13-10-8-6-7-9-11-14-17-20(21)22/h5,10,12-13,18H,3-4,6-9,11,14-17H2,1-2H3,(H,21,22)/b12-5-,13-10-. The van der Waals surface area contributed by atoms with E-state index in [9.17, 15) is 4.79 Å². The Labute approximate surface area is 137 Å². The van der Waals surface area contributed by atoms with Crippen LogP contribution in [0, 0.1) is 5.92 Å². The Balaban J connectivity index is 3.51. The van der Waals surface area contributed by atoms with Crippen LogP contribution >= 0.6 is 0 Å².